The predicted octanol–water partition coefficient (Wildman–Crippen LogP) is 5.49. The molecule has 0 bridgehead atoms. The summed E-state index contributed by atoms with van der Waals surface area (Å²) in [5.41, 5.74) is 6.59. The molecule has 51 heavy (non-hydrogen) atoms. The Morgan fingerprint density at radius 3 is 2.27 bits per heavy atom. The highest BCUT2D eigenvalue weighted by Crippen LogP contribution is 2.48. The van der Waals surface area contributed by atoms with Crippen LogP contribution in [0.3, 0.4) is 0 Å². The maximum Gasteiger partial charge on any atom is 0.338 e. The summed E-state index contributed by atoms with van der Waals surface area (Å²) < 4.78 is 12.5. The SMILES string of the molecule is CCN(CC)C1C=CC2=C(c3ccccc3C(=O)OCCN3C(=O)c4cccc5c([NH+](C)C)ccc(c45)C3=O)c3cccc(N(C)C)c3OC2=C1. The van der Waals surface area contributed by atoms with E-state index in [1.54, 1.807) is 18.2 Å². The second-order valence-corrected chi connectivity index (χ2v) is 13.4. The lowest BCUT2D eigenvalue weighted by molar-refractivity contribution is -0.785. The third-order valence-corrected chi connectivity index (χ3v) is 10.0. The summed E-state index contributed by atoms with van der Waals surface area (Å²) in [6, 6.07) is 22.8. The lowest BCUT2D eigenvalue weighted by atomic mass is 9.84. The number of rotatable bonds is 10. The number of hydrogen-bond donors (Lipinski definition) is 1. The molecular weight excluding hydrogens is 640 g/mol. The minimum absolute atomic E-state index is 0.0682. The Kier molecular flexibility index (Phi) is 9.10. The van der Waals surface area contributed by atoms with Gasteiger partial charge in [-0.05, 0) is 55.1 Å². The van der Waals surface area contributed by atoms with Gasteiger partial charge < -0.3 is 19.3 Å². The zero-order valence-electron chi connectivity index (χ0n) is 29.9. The number of imide groups is 1. The molecule has 0 saturated heterocycles. The number of hydrogen-bond acceptors (Lipinski definition) is 7. The Morgan fingerprint density at radius 1 is 0.863 bits per heavy atom. The van der Waals surface area contributed by atoms with Crippen LogP contribution < -0.4 is 14.5 Å². The number of amides is 2. The average Bonchev–Trinajstić information content (AvgIpc) is 3.13. The van der Waals surface area contributed by atoms with Crippen LogP contribution in [0, 0.1) is 0 Å². The Morgan fingerprint density at radius 2 is 1.55 bits per heavy atom. The number of likely N-dealkylation sites (N-methyl/N-ethyl adjacent to an activating group) is 1. The summed E-state index contributed by atoms with van der Waals surface area (Å²) in [4.78, 5) is 47.9. The van der Waals surface area contributed by atoms with Crippen LogP contribution in [0.4, 0.5) is 11.4 Å². The van der Waals surface area contributed by atoms with E-state index < -0.39 is 17.8 Å². The maximum absolute atomic E-state index is 13.9. The molecule has 4 aromatic carbocycles. The molecule has 1 atom stereocenters. The van der Waals surface area contributed by atoms with Gasteiger partial charge in [0.25, 0.3) is 11.8 Å². The van der Waals surface area contributed by atoms with Crippen LogP contribution in [0.1, 0.15) is 56.0 Å². The fraction of sp³-hybridized carbons (Fsp3) is 0.262. The largest absolute Gasteiger partial charge is 0.460 e. The molecule has 4 aromatic rings. The van der Waals surface area contributed by atoms with E-state index in [2.05, 4.69) is 37.0 Å². The maximum atomic E-state index is 13.9. The number of quaternary nitrogens is 1. The van der Waals surface area contributed by atoms with Gasteiger partial charge in [-0.1, -0.05) is 62.4 Å². The first kappa shape index (κ1) is 34.0. The van der Waals surface area contributed by atoms with Gasteiger partial charge in [-0.3, -0.25) is 19.4 Å². The molecule has 0 fully saturated rings. The Labute approximate surface area is 298 Å². The van der Waals surface area contributed by atoms with Crippen LogP contribution >= 0.6 is 0 Å². The molecule has 0 spiro atoms. The number of carbonyl (C=O) groups excluding carboxylic acids is 3. The zero-order valence-corrected chi connectivity index (χ0v) is 29.9. The van der Waals surface area contributed by atoms with E-state index in [1.165, 1.54) is 4.90 Å². The van der Waals surface area contributed by atoms with E-state index in [0.29, 0.717) is 27.6 Å². The molecular formula is C42H43N4O5+. The molecule has 0 aromatic heterocycles. The van der Waals surface area contributed by atoms with E-state index in [0.717, 1.165) is 63.0 Å². The molecule has 1 N–H and O–H groups in total. The van der Waals surface area contributed by atoms with Crippen LogP contribution in [0.2, 0.25) is 0 Å². The third-order valence-electron chi connectivity index (χ3n) is 10.0. The van der Waals surface area contributed by atoms with Crippen molar-refractivity contribution in [1.82, 2.24) is 9.80 Å². The second kappa shape index (κ2) is 13.7. The Hall–Kier alpha value is -5.51. The van der Waals surface area contributed by atoms with E-state index in [9.17, 15) is 14.4 Å². The molecule has 9 heteroatoms. The fourth-order valence-corrected chi connectivity index (χ4v) is 7.44. The molecule has 260 valence electrons. The van der Waals surface area contributed by atoms with Crippen molar-refractivity contribution < 1.29 is 28.8 Å². The summed E-state index contributed by atoms with van der Waals surface area (Å²) in [5, 5.41) is 1.55. The molecule has 1 aliphatic carbocycles. The van der Waals surface area contributed by atoms with Crippen LogP contribution in [0.15, 0.2) is 102 Å². The van der Waals surface area contributed by atoms with Crippen molar-refractivity contribution >= 4 is 45.5 Å². The molecule has 0 saturated carbocycles. The second-order valence-electron chi connectivity index (χ2n) is 13.4. The summed E-state index contributed by atoms with van der Waals surface area (Å²) in [5.74, 6) is 0.134. The number of carbonyl (C=O) groups is 3. The van der Waals surface area contributed by atoms with Crippen LogP contribution in [-0.4, -0.2) is 88.1 Å². The fourth-order valence-electron chi connectivity index (χ4n) is 7.44. The van der Waals surface area contributed by atoms with Crippen molar-refractivity contribution in [2.24, 2.45) is 0 Å². The highest BCUT2D eigenvalue weighted by atomic mass is 16.5. The number of nitrogens with one attached hydrogen (secondary N) is 1. The minimum atomic E-state index is -0.542. The molecule has 2 aliphatic heterocycles. The normalized spacial score (nSPS) is 16.4. The Balaban J connectivity index is 1.19. The van der Waals surface area contributed by atoms with E-state index in [1.807, 2.05) is 87.7 Å². The minimum Gasteiger partial charge on any atom is -0.460 e. The predicted molar refractivity (Wildman–Crippen MR) is 200 cm³/mol. The van der Waals surface area contributed by atoms with Gasteiger partial charge in [0.2, 0.25) is 0 Å². The van der Waals surface area contributed by atoms with Crippen LogP contribution in [0.5, 0.6) is 5.75 Å². The highest BCUT2D eigenvalue weighted by molar-refractivity contribution is 6.26. The topological polar surface area (TPSA) is 83.8 Å². The van der Waals surface area contributed by atoms with Crippen LogP contribution in [0.25, 0.3) is 16.3 Å². The lowest BCUT2D eigenvalue weighted by Gasteiger charge is -2.33. The number of ether oxygens (including phenoxy) is 2. The van der Waals surface area contributed by atoms with Crippen molar-refractivity contribution in [3.8, 4) is 5.75 Å². The monoisotopic (exact) mass is 683 g/mol. The standard InChI is InChI=1S/C42H42N4O5/c1-7-45(8-2)26-19-20-30-36(25-26)51-39-31(16-12-18-35(39)44(5)6)37(30)27-13-9-10-14-28(27)42(49)50-24-23-46-40(47)32-17-11-15-29-34(43(3)4)22-21-33(38(29)32)41(46)48/h9-22,25-26H,7-8,23-24H2,1-6H3/p+1. The average molecular weight is 684 g/mol. The molecule has 2 heterocycles. The molecule has 2 amide bonds. The first-order valence-electron chi connectivity index (χ1n) is 17.5. The molecule has 1 unspecified atom stereocenters. The number of fused-ring (bicyclic) bond motifs is 2. The number of benzene rings is 4. The number of nitrogens with zero attached hydrogens (tertiary/aromatic N) is 3. The van der Waals surface area contributed by atoms with Crippen molar-refractivity contribution in [2.75, 3.05) is 59.3 Å². The summed E-state index contributed by atoms with van der Waals surface area (Å²) in [7, 11) is 7.99. The highest BCUT2D eigenvalue weighted by Gasteiger charge is 2.35. The van der Waals surface area contributed by atoms with Crippen molar-refractivity contribution in [2.45, 2.75) is 19.9 Å². The van der Waals surface area contributed by atoms with E-state index in [-0.39, 0.29) is 19.2 Å². The smallest absolute Gasteiger partial charge is 0.338 e. The summed E-state index contributed by atoms with van der Waals surface area (Å²) in [6.45, 7) is 5.86. The van der Waals surface area contributed by atoms with Gasteiger partial charge in [0.05, 0.1) is 37.9 Å². The van der Waals surface area contributed by atoms with Gasteiger partial charge in [-0.2, -0.15) is 0 Å². The number of esters is 1. The first-order chi connectivity index (χ1) is 24.6. The van der Waals surface area contributed by atoms with Crippen LogP contribution in [-0.2, 0) is 4.74 Å². The van der Waals surface area contributed by atoms with Gasteiger partial charge in [0.1, 0.15) is 18.1 Å². The number of para-hydroxylation sites is 1. The van der Waals surface area contributed by atoms with Crippen molar-refractivity contribution in [3.05, 3.63) is 130 Å². The zero-order chi connectivity index (χ0) is 36.0. The molecule has 9 nitrogen and oxygen atoms in total. The van der Waals surface area contributed by atoms with Crippen molar-refractivity contribution in [1.29, 1.82) is 0 Å². The van der Waals surface area contributed by atoms with Gasteiger partial charge >= 0.3 is 5.97 Å². The lowest BCUT2D eigenvalue weighted by Crippen LogP contribution is -3.00. The number of allylic oxidation sites excluding steroid dienone is 1. The van der Waals surface area contributed by atoms with Gasteiger partial charge in [-0.25, -0.2) is 4.79 Å². The van der Waals surface area contributed by atoms with E-state index in [4.69, 9.17) is 9.47 Å². The first-order valence-corrected chi connectivity index (χ1v) is 17.5. The molecule has 7 rings (SSSR count). The van der Waals surface area contributed by atoms with Gasteiger partial charge in [-0.15, -0.1) is 0 Å². The molecule has 0 radical (unpaired) electrons. The summed E-state index contributed by atoms with van der Waals surface area (Å²) in [6.07, 6.45) is 6.41. The number of anilines is 1. The van der Waals surface area contributed by atoms with Crippen molar-refractivity contribution in [3.63, 3.8) is 0 Å². The molecule has 3 aliphatic rings. The van der Waals surface area contributed by atoms with E-state index >= 15 is 0 Å². The quantitative estimate of drug-likeness (QED) is 0.175. The summed E-state index contributed by atoms with van der Waals surface area (Å²) >= 11 is 0. The van der Waals surface area contributed by atoms with Gasteiger partial charge in [0.15, 0.2) is 5.75 Å². The Bertz CT molecular complexity index is 2150. The third kappa shape index (κ3) is 5.82. The van der Waals surface area contributed by atoms with Gasteiger partial charge in [0, 0.05) is 58.8 Å².